The summed E-state index contributed by atoms with van der Waals surface area (Å²) >= 11 is 3.39. The van der Waals surface area contributed by atoms with Crippen molar-refractivity contribution < 1.29 is 4.79 Å². The Morgan fingerprint density at radius 1 is 1.41 bits per heavy atom. The van der Waals surface area contributed by atoms with Gasteiger partial charge in [0.2, 0.25) is 0 Å². The lowest BCUT2D eigenvalue weighted by Crippen LogP contribution is -2.27. The van der Waals surface area contributed by atoms with E-state index in [1.807, 2.05) is 37.4 Å². The van der Waals surface area contributed by atoms with Gasteiger partial charge in [0.05, 0.1) is 0 Å². The van der Waals surface area contributed by atoms with Crippen molar-refractivity contribution in [2.75, 3.05) is 13.6 Å². The summed E-state index contributed by atoms with van der Waals surface area (Å²) in [6, 6.07) is 7.70. The standard InChI is InChI=1S/C14H18BrNO/c1-3-4-5-10-16(2)14(17)13-8-6-12(11-15)7-9-13/h3,6-9H,1,4-5,10-11H2,2H3. The topological polar surface area (TPSA) is 20.3 Å². The Morgan fingerprint density at radius 2 is 2.06 bits per heavy atom. The van der Waals surface area contributed by atoms with Gasteiger partial charge in [-0.25, -0.2) is 0 Å². The van der Waals surface area contributed by atoms with Crippen molar-refractivity contribution in [3.05, 3.63) is 48.0 Å². The van der Waals surface area contributed by atoms with Gasteiger partial charge in [0.1, 0.15) is 0 Å². The Morgan fingerprint density at radius 3 is 2.59 bits per heavy atom. The lowest BCUT2D eigenvalue weighted by molar-refractivity contribution is 0.0794. The predicted octanol–water partition coefficient (Wildman–Crippen LogP) is 3.62. The van der Waals surface area contributed by atoms with Gasteiger partial charge < -0.3 is 4.90 Å². The van der Waals surface area contributed by atoms with E-state index in [2.05, 4.69) is 22.5 Å². The van der Waals surface area contributed by atoms with Gasteiger partial charge in [-0.1, -0.05) is 34.1 Å². The minimum atomic E-state index is 0.0789. The largest absolute Gasteiger partial charge is 0.342 e. The summed E-state index contributed by atoms with van der Waals surface area (Å²) < 4.78 is 0. The first-order chi connectivity index (χ1) is 8.19. The molecule has 1 rings (SSSR count). The van der Waals surface area contributed by atoms with E-state index in [0.717, 1.165) is 30.3 Å². The van der Waals surface area contributed by atoms with E-state index < -0.39 is 0 Å². The lowest BCUT2D eigenvalue weighted by atomic mass is 10.1. The third-order valence-corrected chi connectivity index (χ3v) is 3.25. The van der Waals surface area contributed by atoms with Crippen molar-refractivity contribution in [1.29, 1.82) is 0 Å². The summed E-state index contributed by atoms with van der Waals surface area (Å²) in [4.78, 5) is 13.8. The molecular formula is C14H18BrNO. The van der Waals surface area contributed by atoms with Crippen LogP contribution in [0.4, 0.5) is 0 Å². The van der Waals surface area contributed by atoms with Gasteiger partial charge in [0.25, 0.3) is 5.91 Å². The Kier molecular flexibility index (Phi) is 5.98. The Hall–Kier alpha value is -1.09. The molecule has 0 spiro atoms. The average Bonchev–Trinajstić information content (AvgIpc) is 2.38. The highest BCUT2D eigenvalue weighted by atomic mass is 79.9. The number of benzene rings is 1. The second-order valence-electron chi connectivity index (χ2n) is 3.99. The maximum absolute atomic E-state index is 12.0. The number of carbonyl (C=O) groups excluding carboxylic acids is 1. The number of hydrogen-bond donors (Lipinski definition) is 0. The Bertz CT molecular complexity index is 372. The second-order valence-corrected chi connectivity index (χ2v) is 4.55. The molecule has 0 bridgehead atoms. The van der Waals surface area contributed by atoms with E-state index in [-0.39, 0.29) is 5.91 Å². The number of alkyl halides is 1. The van der Waals surface area contributed by atoms with Gasteiger partial charge >= 0.3 is 0 Å². The molecule has 0 saturated heterocycles. The number of nitrogens with zero attached hydrogens (tertiary/aromatic N) is 1. The van der Waals surface area contributed by atoms with Gasteiger partial charge in [0, 0.05) is 24.5 Å². The third-order valence-electron chi connectivity index (χ3n) is 2.60. The smallest absolute Gasteiger partial charge is 0.253 e. The fraction of sp³-hybridized carbons (Fsp3) is 0.357. The van der Waals surface area contributed by atoms with Gasteiger partial charge in [-0.3, -0.25) is 4.79 Å². The molecule has 0 aliphatic rings. The summed E-state index contributed by atoms with van der Waals surface area (Å²) in [5.74, 6) is 0.0789. The summed E-state index contributed by atoms with van der Waals surface area (Å²) in [5, 5.41) is 0.816. The van der Waals surface area contributed by atoms with Crippen LogP contribution >= 0.6 is 15.9 Å². The van der Waals surface area contributed by atoms with Crippen LogP contribution in [0.5, 0.6) is 0 Å². The van der Waals surface area contributed by atoms with Crippen molar-refractivity contribution in [2.45, 2.75) is 18.2 Å². The minimum absolute atomic E-state index is 0.0789. The predicted molar refractivity (Wildman–Crippen MR) is 75.5 cm³/mol. The van der Waals surface area contributed by atoms with Crippen molar-refractivity contribution in [3.63, 3.8) is 0 Å². The SMILES string of the molecule is C=CCCCN(C)C(=O)c1ccc(CBr)cc1. The van der Waals surface area contributed by atoms with Crippen molar-refractivity contribution in [3.8, 4) is 0 Å². The molecule has 17 heavy (non-hydrogen) atoms. The van der Waals surface area contributed by atoms with Crippen LogP contribution in [0, 0.1) is 0 Å². The molecule has 0 fully saturated rings. The molecule has 1 aromatic rings. The van der Waals surface area contributed by atoms with Gasteiger partial charge in [-0.05, 0) is 30.5 Å². The monoisotopic (exact) mass is 295 g/mol. The molecule has 1 amide bonds. The van der Waals surface area contributed by atoms with Crippen LogP contribution in [0.2, 0.25) is 0 Å². The number of allylic oxidation sites excluding steroid dienone is 1. The van der Waals surface area contributed by atoms with Crippen LogP contribution in [0.3, 0.4) is 0 Å². The van der Waals surface area contributed by atoms with Crippen LogP contribution in [0.1, 0.15) is 28.8 Å². The highest BCUT2D eigenvalue weighted by Crippen LogP contribution is 2.10. The average molecular weight is 296 g/mol. The Labute approximate surface area is 111 Å². The van der Waals surface area contributed by atoms with E-state index >= 15 is 0 Å². The molecule has 0 radical (unpaired) electrons. The molecule has 0 aliphatic heterocycles. The quantitative estimate of drug-likeness (QED) is 0.446. The molecule has 0 unspecified atom stereocenters. The molecule has 0 atom stereocenters. The highest BCUT2D eigenvalue weighted by Gasteiger charge is 2.10. The molecule has 0 heterocycles. The summed E-state index contributed by atoms with van der Waals surface area (Å²) in [5.41, 5.74) is 1.92. The summed E-state index contributed by atoms with van der Waals surface area (Å²) in [7, 11) is 1.84. The summed E-state index contributed by atoms with van der Waals surface area (Å²) in [6.45, 7) is 4.44. The zero-order valence-corrected chi connectivity index (χ0v) is 11.7. The first-order valence-electron chi connectivity index (χ1n) is 5.70. The van der Waals surface area contributed by atoms with Crippen LogP contribution < -0.4 is 0 Å². The molecule has 0 aliphatic carbocycles. The maximum Gasteiger partial charge on any atom is 0.253 e. The van der Waals surface area contributed by atoms with Crippen LogP contribution in [-0.2, 0) is 5.33 Å². The normalized spacial score (nSPS) is 10.0. The van der Waals surface area contributed by atoms with Crippen molar-refractivity contribution in [1.82, 2.24) is 4.90 Å². The molecule has 3 heteroatoms. The van der Waals surface area contributed by atoms with Gasteiger partial charge in [0.15, 0.2) is 0 Å². The molecule has 0 saturated carbocycles. The van der Waals surface area contributed by atoms with E-state index in [9.17, 15) is 4.79 Å². The molecular weight excluding hydrogens is 278 g/mol. The minimum Gasteiger partial charge on any atom is -0.342 e. The fourth-order valence-electron chi connectivity index (χ4n) is 1.53. The number of rotatable bonds is 6. The highest BCUT2D eigenvalue weighted by molar-refractivity contribution is 9.08. The number of halogens is 1. The van der Waals surface area contributed by atoms with Crippen LogP contribution in [-0.4, -0.2) is 24.4 Å². The van der Waals surface area contributed by atoms with Crippen LogP contribution in [0.25, 0.3) is 0 Å². The number of amides is 1. The van der Waals surface area contributed by atoms with E-state index in [1.54, 1.807) is 4.90 Å². The molecule has 1 aromatic carbocycles. The second kappa shape index (κ2) is 7.28. The summed E-state index contributed by atoms with van der Waals surface area (Å²) in [6.07, 6.45) is 3.79. The number of carbonyl (C=O) groups is 1. The van der Waals surface area contributed by atoms with Crippen molar-refractivity contribution >= 4 is 21.8 Å². The fourth-order valence-corrected chi connectivity index (χ4v) is 1.90. The first kappa shape index (κ1) is 14.0. The maximum atomic E-state index is 12.0. The first-order valence-corrected chi connectivity index (χ1v) is 6.82. The van der Waals surface area contributed by atoms with E-state index in [1.165, 1.54) is 5.56 Å². The zero-order valence-electron chi connectivity index (χ0n) is 10.2. The number of hydrogen-bond acceptors (Lipinski definition) is 1. The Balaban J connectivity index is 2.58. The van der Waals surface area contributed by atoms with Crippen molar-refractivity contribution in [2.24, 2.45) is 0 Å². The third kappa shape index (κ3) is 4.35. The molecule has 0 N–H and O–H groups in total. The molecule has 92 valence electrons. The van der Waals surface area contributed by atoms with Crippen LogP contribution in [0.15, 0.2) is 36.9 Å². The number of unbranched alkanes of at least 4 members (excludes halogenated alkanes) is 1. The van der Waals surface area contributed by atoms with Gasteiger partial charge in [-0.2, -0.15) is 0 Å². The van der Waals surface area contributed by atoms with Gasteiger partial charge in [-0.15, -0.1) is 6.58 Å². The zero-order chi connectivity index (χ0) is 12.7. The molecule has 0 aromatic heterocycles. The van der Waals surface area contributed by atoms with E-state index in [4.69, 9.17) is 0 Å². The lowest BCUT2D eigenvalue weighted by Gasteiger charge is -2.16. The van der Waals surface area contributed by atoms with E-state index in [0.29, 0.717) is 0 Å². The molecule has 2 nitrogen and oxygen atoms in total.